The van der Waals surface area contributed by atoms with Gasteiger partial charge in [0, 0.05) is 44.4 Å². The zero-order chi connectivity index (χ0) is 24.3. The Morgan fingerprint density at radius 3 is 2.32 bits per heavy atom. The normalized spacial score (nSPS) is 18.7. The summed E-state index contributed by atoms with van der Waals surface area (Å²) in [6, 6.07) is 20.2. The third kappa shape index (κ3) is 5.22. The average Bonchev–Trinajstić information content (AvgIpc) is 3.16. The monoisotopic (exact) mass is 460 g/mol. The molecule has 3 aromatic rings. The molecule has 7 heteroatoms. The van der Waals surface area contributed by atoms with E-state index in [4.69, 9.17) is 16.6 Å². The summed E-state index contributed by atoms with van der Waals surface area (Å²) in [6.07, 6.45) is 2.47. The molecule has 4 N–H and O–H groups in total. The molecule has 2 heterocycles. The number of nitrogens with two attached hydrogens (primary N) is 2. The Hall–Kier alpha value is -3.00. The van der Waals surface area contributed by atoms with Gasteiger partial charge in [-0.25, -0.2) is 9.99 Å². The molecule has 7 nitrogen and oxygen atoms in total. The number of hydrogen-bond acceptors (Lipinski definition) is 5. The van der Waals surface area contributed by atoms with Crippen LogP contribution in [0.4, 0.5) is 0 Å². The third-order valence-corrected chi connectivity index (χ3v) is 6.50. The fraction of sp³-hybridized carbons (Fsp3) is 0.407. The Kier molecular flexibility index (Phi) is 7.16. The zero-order valence-electron chi connectivity index (χ0n) is 20.4. The highest BCUT2D eigenvalue weighted by Crippen LogP contribution is 2.40. The minimum absolute atomic E-state index is 0.0850. The topological polar surface area (TPSA) is 93.4 Å². The number of hydrogen-bond donors (Lipinski definition) is 2. The average molecular weight is 461 g/mol. The van der Waals surface area contributed by atoms with E-state index in [1.165, 1.54) is 5.56 Å². The second-order valence-corrected chi connectivity index (χ2v) is 10.2. The van der Waals surface area contributed by atoms with E-state index < -0.39 is 0 Å². The van der Waals surface area contributed by atoms with E-state index in [0.717, 1.165) is 17.1 Å². The van der Waals surface area contributed by atoms with Crippen molar-refractivity contribution in [3.05, 3.63) is 78.2 Å². The maximum Gasteiger partial charge on any atom is 0.224 e. The molecule has 0 radical (unpaired) electrons. The second-order valence-electron chi connectivity index (χ2n) is 10.2. The van der Waals surface area contributed by atoms with Crippen molar-refractivity contribution in [2.45, 2.75) is 45.8 Å². The number of rotatable bonds is 6. The molecule has 1 saturated heterocycles. The predicted octanol–water partition coefficient (Wildman–Crippen LogP) is 3.42. The fourth-order valence-electron chi connectivity index (χ4n) is 4.74. The van der Waals surface area contributed by atoms with E-state index in [9.17, 15) is 4.79 Å². The SMILES string of the molecule is CC(C)(C)[C@H](c1nc(-c2ccccc2)cn1Cc1ccccc1)N1C[C@@H](CN)N(N)CCC1=O. The predicted molar refractivity (Wildman–Crippen MR) is 135 cm³/mol. The van der Waals surface area contributed by atoms with Crippen molar-refractivity contribution < 1.29 is 4.79 Å². The van der Waals surface area contributed by atoms with E-state index in [0.29, 0.717) is 32.6 Å². The molecule has 0 saturated carbocycles. The van der Waals surface area contributed by atoms with Gasteiger partial charge in [-0.05, 0) is 11.0 Å². The van der Waals surface area contributed by atoms with Gasteiger partial charge in [0.1, 0.15) is 5.82 Å². The van der Waals surface area contributed by atoms with Gasteiger partial charge < -0.3 is 15.2 Å². The van der Waals surface area contributed by atoms with E-state index in [1.54, 1.807) is 5.01 Å². The summed E-state index contributed by atoms with van der Waals surface area (Å²) in [6.45, 7) is 8.54. The lowest BCUT2D eigenvalue weighted by Gasteiger charge is -2.40. The molecule has 1 aromatic heterocycles. The van der Waals surface area contributed by atoms with Gasteiger partial charge in [-0.2, -0.15) is 0 Å². The Morgan fingerprint density at radius 1 is 1.06 bits per heavy atom. The quantitative estimate of drug-likeness (QED) is 0.550. The second kappa shape index (κ2) is 10.1. The Balaban J connectivity index is 1.83. The molecule has 34 heavy (non-hydrogen) atoms. The molecular formula is C27H36N6O. The number of carbonyl (C=O) groups is 1. The summed E-state index contributed by atoms with van der Waals surface area (Å²) < 4.78 is 2.20. The van der Waals surface area contributed by atoms with Crippen LogP contribution in [0.15, 0.2) is 66.9 Å². The fourth-order valence-corrected chi connectivity index (χ4v) is 4.74. The maximum absolute atomic E-state index is 13.4. The van der Waals surface area contributed by atoms with E-state index in [-0.39, 0.29) is 23.4 Å². The number of carbonyl (C=O) groups excluding carboxylic acids is 1. The summed E-state index contributed by atoms with van der Waals surface area (Å²) in [4.78, 5) is 20.5. The van der Waals surface area contributed by atoms with Crippen molar-refractivity contribution in [2.24, 2.45) is 17.0 Å². The van der Waals surface area contributed by atoms with E-state index in [2.05, 4.69) is 55.8 Å². The summed E-state index contributed by atoms with van der Waals surface area (Å²) in [5.74, 6) is 7.19. The molecule has 1 aliphatic heterocycles. The molecule has 0 bridgehead atoms. The maximum atomic E-state index is 13.4. The zero-order valence-corrected chi connectivity index (χ0v) is 20.4. The molecule has 180 valence electrons. The first kappa shape index (κ1) is 24.1. The summed E-state index contributed by atoms with van der Waals surface area (Å²) in [5, 5.41) is 1.71. The summed E-state index contributed by atoms with van der Waals surface area (Å²) >= 11 is 0. The van der Waals surface area contributed by atoms with Crippen molar-refractivity contribution >= 4 is 5.91 Å². The van der Waals surface area contributed by atoms with Gasteiger partial charge in [0.05, 0.1) is 17.8 Å². The molecule has 0 aliphatic carbocycles. The van der Waals surface area contributed by atoms with Crippen LogP contribution in [0.5, 0.6) is 0 Å². The van der Waals surface area contributed by atoms with Crippen molar-refractivity contribution in [2.75, 3.05) is 19.6 Å². The molecule has 2 aromatic carbocycles. The van der Waals surface area contributed by atoms with Gasteiger partial charge >= 0.3 is 0 Å². The number of benzene rings is 2. The first-order chi connectivity index (χ1) is 16.3. The van der Waals surface area contributed by atoms with E-state index in [1.807, 2.05) is 41.3 Å². The van der Waals surface area contributed by atoms with Crippen molar-refractivity contribution in [1.29, 1.82) is 0 Å². The highest BCUT2D eigenvalue weighted by Gasteiger charge is 2.40. The molecule has 1 fully saturated rings. The molecule has 0 unspecified atom stereocenters. The van der Waals surface area contributed by atoms with Crippen molar-refractivity contribution in [3.63, 3.8) is 0 Å². The number of aromatic nitrogens is 2. The molecular weight excluding hydrogens is 424 g/mol. The van der Waals surface area contributed by atoms with Crippen LogP contribution in [0.25, 0.3) is 11.3 Å². The Morgan fingerprint density at radius 2 is 1.71 bits per heavy atom. The van der Waals surface area contributed by atoms with Gasteiger partial charge in [0.2, 0.25) is 5.91 Å². The highest BCUT2D eigenvalue weighted by molar-refractivity contribution is 5.77. The molecule has 1 aliphatic rings. The van der Waals surface area contributed by atoms with Gasteiger partial charge in [0.15, 0.2) is 0 Å². The molecule has 1 amide bonds. The Labute approximate surface area is 202 Å². The molecule has 4 rings (SSSR count). The molecule has 2 atom stereocenters. The number of nitrogens with zero attached hydrogens (tertiary/aromatic N) is 4. The number of imidazole rings is 1. The standard InChI is InChI=1S/C27H36N6O/c1-27(2,3)25(32-18-22(16-28)33(29)15-14-24(32)34)26-30-23(21-12-8-5-9-13-21)19-31(26)17-20-10-6-4-7-11-20/h4-13,19,22,25H,14-18,28-29H2,1-3H3/t22-,25+/m1/s1. The van der Waals surface area contributed by atoms with Crippen molar-refractivity contribution in [3.8, 4) is 11.3 Å². The van der Waals surface area contributed by atoms with E-state index >= 15 is 0 Å². The first-order valence-electron chi connectivity index (χ1n) is 11.9. The van der Waals surface area contributed by atoms with Gasteiger partial charge in [-0.3, -0.25) is 10.6 Å². The largest absolute Gasteiger partial charge is 0.330 e. The van der Waals surface area contributed by atoms with Crippen LogP contribution in [0.1, 0.15) is 44.6 Å². The third-order valence-electron chi connectivity index (χ3n) is 6.50. The number of hydrazine groups is 1. The van der Waals surface area contributed by atoms with Gasteiger partial charge in [-0.15, -0.1) is 0 Å². The number of amides is 1. The summed E-state index contributed by atoms with van der Waals surface area (Å²) in [7, 11) is 0. The lowest BCUT2D eigenvalue weighted by atomic mass is 9.84. The lowest BCUT2D eigenvalue weighted by Crippen LogP contribution is -2.51. The van der Waals surface area contributed by atoms with Crippen LogP contribution in [0, 0.1) is 5.41 Å². The first-order valence-corrected chi connectivity index (χ1v) is 11.9. The van der Waals surface area contributed by atoms with Crippen LogP contribution >= 0.6 is 0 Å². The Bertz CT molecular complexity index is 1090. The van der Waals surface area contributed by atoms with Crippen LogP contribution in [0.3, 0.4) is 0 Å². The lowest BCUT2D eigenvalue weighted by molar-refractivity contribution is -0.135. The van der Waals surface area contributed by atoms with Gasteiger partial charge in [0.25, 0.3) is 0 Å². The minimum atomic E-state index is -0.258. The summed E-state index contributed by atoms with van der Waals surface area (Å²) in [5.41, 5.74) is 8.93. The molecule has 0 spiro atoms. The minimum Gasteiger partial charge on any atom is -0.330 e. The van der Waals surface area contributed by atoms with Crippen LogP contribution < -0.4 is 11.6 Å². The van der Waals surface area contributed by atoms with Crippen LogP contribution in [-0.4, -0.2) is 51.0 Å². The smallest absolute Gasteiger partial charge is 0.224 e. The van der Waals surface area contributed by atoms with Crippen LogP contribution in [0.2, 0.25) is 0 Å². The van der Waals surface area contributed by atoms with Crippen molar-refractivity contribution in [1.82, 2.24) is 19.5 Å². The van der Waals surface area contributed by atoms with Gasteiger partial charge in [-0.1, -0.05) is 81.4 Å². The van der Waals surface area contributed by atoms with Crippen LogP contribution in [-0.2, 0) is 11.3 Å². The highest BCUT2D eigenvalue weighted by atomic mass is 16.2.